The zero-order valence-electron chi connectivity index (χ0n) is 9.49. The predicted octanol–water partition coefficient (Wildman–Crippen LogP) is 3.79. The Morgan fingerprint density at radius 1 is 1.05 bits per heavy atom. The van der Waals surface area contributed by atoms with Gasteiger partial charge in [-0.2, -0.15) is 13.2 Å². The minimum atomic E-state index is -5.00. The van der Waals surface area contributed by atoms with E-state index in [0.29, 0.717) is 5.56 Å². The molecule has 0 spiro atoms. The molecular weight excluding hydrogens is 257 g/mol. The van der Waals surface area contributed by atoms with E-state index < -0.39 is 12.1 Å². The summed E-state index contributed by atoms with van der Waals surface area (Å²) in [4.78, 5) is 10.9. The van der Waals surface area contributed by atoms with E-state index in [0.717, 1.165) is 16.3 Å². The molecule has 0 bridgehead atoms. The number of halogens is 3. The molecule has 0 fully saturated rings. The van der Waals surface area contributed by atoms with Gasteiger partial charge < -0.3 is 4.74 Å². The highest BCUT2D eigenvalue weighted by Gasteiger charge is 2.41. The van der Waals surface area contributed by atoms with Crippen molar-refractivity contribution < 1.29 is 22.7 Å². The molecular formula is C14H7F3O2. The van der Waals surface area contributed by atoms with Crippen LogP contribution < -0.4 is 4.74 Å². The second-order valence-electron chi connectivity index (χ2n) is 4.14. The predicted molar refractivity (Wildman–Crippen MR) is 64.6 cm³/mol. The molecule has 0 aliphatic heterocycles. The number of carbonyl (C=O) groups excluding carboxylic acids is 1. The third-order valence-electron chi connectivity index (χ3n) is 2.94. The van der Waals surface area contributed by atoms with Crippen molar-refractivity contribution in [3.63, 3.8) is 0 Å². The Hall–Kier alpha value is -2.30. The number of hydrogen-bond acceptors (Lipinski definition) is 2. The highest BCUT2D eigenvalue weighted by Crippen LogP contribution is 2.37. The van der Waals surface area contributed by atoms with Crippen molar-refractivity contribution in [2.75, 3.05) is 0 Å². The number of ether oxygens (including phenoxy) is 1. The maximum atomic E-state index is 12.2. The lowest BCUT2D eigenvalue weighted by molar-refractivity contribution is -0.189. The SMILES string of the molecule is O=C(Oc1ccc2cccc3c2c1C=C3)C(F)(F)F. The summed E-state index contributed by atoms with van der Waals surface area (Å²) in [7, 11) is 0. The molecule has 0 heterocycles. The van der Waals surface area contributed by atoms with Crippen LogP contribution in [0.25, 0.3) is 22.9 Å². The van der Waals surface area contributed by atoms with Crippen molar-refractivity contribution in [2.45, 2.75) is 6.18 Å². The number of carbonyl (C=O) groups is 1. The van der Waals surface area contributed by atoms with E-state index in [1.165, 1.54) is 6.07 Å². The molecule has 0 atom stereocenters. The van der Waals surface area contributed by atoms with Crippen LogP contribution in [-0.2, 0) is 4.79 Å². The van der Waals surface area contributed by atoms with E-state index in [4.69, 9.17) is 0 Å². The van der Waals surface area contributed by atoms with Gasteiger partial charge in [-0.05, 0) is 28.5 Å². The first-order chi connectivity index (χ1) is 8.97. The van der Waals surface area contributed by atoms with Crippen LogP contribution >= 0.6 is 0 Å². The highest BCUT2D eigenvalue weighted by molar-refractivity contribution is 6.06. The van der Waals surface area contributed by atoms with Gasteiger partial charge in [0, 0.05) is 5.56 Å². The summed E-state index contributed by atoms with van der Waals surface area (Å²) in [5, 5.41) is 1.69. The Bertz CT molecular complexity index is 714. The van der Waals surface area contributed by atoms with Crippen molar-refractivity contribution in [2.24, 2.45) is 0 Å². The molecule has 2 nitrogen and oxygen atoms in total. The fourth-order valence-electron chi connectivity index (χ4n) is 2.14. The minimum absolute atomic E-state index is 0.0731. The standard InChI is InChI=1S/C14H7F3O2/c15-14(16,17)13(18)19-11-7-5-9-3-1-2-8-4-6-10(11)12(8)9/h1-7H. The second kappa shape index (κ2) is 3.85. The molecule has 2 aromatic carbocycles. The molecule has 96 valence electrons. The first-order valence-electron chi connectivity index (χ1n) is 5.49. The van der Waals surface area contributed by atoms with Gasteiger partial charge in [-0.15, -0.1) is 0 Å². The normalized spacial score (nSPS) is 13.0. The topological polar surface area (TPSA) is 26.3 Å². The lowest BCUT2D eigenvalue weighted by Gasteiger charge is -2.10. The summed E-state index contributed by atoms with van der Waals surface area (Å²) in [6, 6.07) is 8.57. The van der Waals surface area contributed by atoms with Gasteiger partial charge in [0.15, 0.2) is 0 Å². The van der Waals surface area contributed by atoms with Gasteiger partial charge in [-0.1, -0.05) is 30.3 Å². The molecule has 0 radical (unpaired) electrons. The zero-order chi connectivity index (χ0) is 13.6. The number of hydrogen-bond donors (Lipinski definition) is 0. The van der Waals surface area contributed by atoms with Crippen molar-refractivity contribution in [3.05, 3.63) is 41.5 Å². The van der Waals surface area contributed by atoms with Crippen molar-refractivity contribution in [1.82, 2.24) is 0 Å². The molecule has 0 saturated carbocycles. The van der Waals surface area contributed by atoms with Crippen LogP contribution in [0.1, 0.15) is 11.1 Å². The Morgan fingerprint density at radius 3 is 2.58 bits per heavy atom. The molecule has 0 aromatic heterocycles. The summed E-state index contributed by atoms with van der Waals surface area (Å²) in [6.45, 7) is 0. The summed E-state index contributed by atoms with van der Waals surface area (Å²) in [5.41, 5.74) is 1.41. The monoisotopic (exact) mass is 264 g/mol. The van der Waals surface area contributed by atoms with E-state index in [1.54, 1.807) is 18.2 Å². The Labute approximate surface area is 106 Å². The number of esters is 1. The van der Waals surface area contributed by atoms with E-state index >= 15 is 0 Å². The van der Waals surface area contributed by atoms with Crippen LogP contribution in [0.15, 0.2) is 30.3 Å². The molecule has 1 aliphatic carbocycles. The Morgan fingerprint density at radius 2 is 1.84 bits per heavy atom. The van der Waals surface area contributed by atoms with Crippen LogP contribution in [-0.4, -0.2) is 12.1 Å². The summed E-state index contributed by atoms with van der Waals surface area (Å²) in [5.74, 6) is -2.28. The van der Waals surface area contributed by atoms with Crippen LogP contribution in [0, 0.1) is 0 Å². The van der Waals surface area contributed by atoms with Gasteiger partial charge in [0.2, 0.25) is 0 Å². The molecule has 0 N–H and O–H groups in total. The summed E-state index contributed by atoms with van der Waals surface area (Å²) >= 11 is 0. The smallest absolute Gasteiger partial charge is 0.419 e. The first kappa shape index (κ1) is 11.8. The maximum Gasteiger partial charge on any atom is 0.491 e. The maximum absolute atomic E-state index is 12.2. The van der Waals surface area contributed by atoms with E-state index in [2.05, 4.69) is 4.74 Å². The number of rotatable bonds is 1. The van der Waals surface area contributed by atoms with Crippen LogP contribution in [0.5, 0.6) is 5.75 Å². The second-order valence-corrected chi connectivity index (χ2v) is 4.14. The van der Waals surface area contributed by atoms with Gasteiger partial charge >= 0.3 is 12.1 Å². The Kier molecular flexibility index (Phi) is 2.38. The van der Waals surface area contributed by atoms with Crippen LogP contribution in [0.3, 0.4) is 0 Å². The van der Waals surface area contributed by atoms with Gasteiger partial charge in [0.05, 0.1) is 0 Å². The average molecular weight is 264 g/mol. The molecule has 5 heteroatoms. The number of alkyl halides is 3. The highest BCUT2D eigenvalue weighted by atomic mass is 19.4. The first-order valence-corrected chi connectivity index (χ1v) is 5.49. The molecule has 0 amide bonds. The largest absolute Gasteiger partial charge is 0.491 e. The van der Waals surface area contributed by atoms with Crippen LogP contribution in [0.4, 0.5) is 13.2 Å². The lowest BCUT2D eigenvalue weighted by Crippen LogP contribution is -2.28. The fraction of sp³-hybridized carbons (Fsp3) is 0.0714. The fourth-order valence-corrected chi connectivity index (χ4v) is 2.14. The third-order valence-corrected chi connectivity index (χ3v) is 2.94. The quantitative estimate of drug-likeness (QED) is 0.493. The van der Waals surface area contributed by atoms with E-state index in [9.17, 15) is 18.0 Å². The molecule has 1 aliphatic rings. The van der Waals surface area contributed by atoms with E-state index in [1.807, 2.05) is 18.2 Å². The van der Waals surface area contributed by atoms with Crippen LogP contribution in [0.2, 0.25) is 0 Å². The Balaban J connectivity index is 2.09. The van der Waals surface area contributed by atoms with Crippen molar-refractivity contribution in [3.8, 4) is 5.75 Å². The minimum Gasteiger partial charge on any atom is -0.419 e. The molecule has 2 aromatic rings. The summed E-state index contributed by atoms with van der Waals surface area (Å²) in [6.07, 6.45) is -1.57. The van der Waals surface area contributed by atoms with Crippen molar-refractivity contribution in [1.29, 1.82) is 0 Å². The average Bonchev–Trinajstić information content (AvgIpc) is 2.77. The van der Waals surface area contributed by atoms with Crippen molar-refractivity contribution >= 4 is 28.9 Å². The summed E-state index contributed by atoms with van der Waals surface area (Å²) < 4.78 is 41.0. The van der Waals surface area contributed by atoms with Gasteiger partial charge in [-0.25, -0.2) is 4.79 Å². The van der Waals surface area contributed by atoms with Gasteiger partial charge in [0.1, 0.15) is 5.75 Å². The zero-order valence-corrected chi connectivity index (χ0v) is 9.49. The lowest BCUT2D eigenvalue weighted by atomic mass is 10.0. The third kappa shape index (κ3) is 1.87. The van der Waals surface area contributed by atoms with E-state index in [-0.39, 0.29) is 5.75 Å². The van der Waals surface area contributed by atoms with Gasteiger partial charge in [0.25, 0.3) is 0 Å². The molecule has 0 saturated heterocycles. The molecule has 3 rings (SSSR count). The number of benzene rings is 2. The molecule has 0 unspecified atom stereocenters. The molecule has 19 heavy (non-hydrogen) atoms. The van der Waals surface area contributed by atoms with Gasteiger partial charge in [-0.3, -0.25) is 0 Å².